The van der Waals surface area contributed by atoms with Crippen LogP contribution in [-0.2, 0) is 0 Å². The molecule has 162 valence electrons. The third kappa shape index (κ3) is 3.71. The second kappa shape index (κ2) is 8.32. The molecule has 3 aromatic carbocycles. The molecule has 3 aromatic rings. The molecule has 8 heteroatoms. The lowest BCUT2D eigenvalue weighted by atomic mass is 9.95. The zero-order chi connectivity index (χ0) is 22.4. The van der Waals surface area contributed by atoms with Crippen molar-refractivity contribution in [3.8, 4) is 11.5 Å². The Labute approximate surface area is 200 Å². The van der Waals surface area contributed by atoms with E-state index >= 15 is 0 Å². The Kier molecular flexibility index (Phi) is 5.49. The minimum atomic E-state index is -0.969. The zero-order valence-electron chi connectivity index (χ0n) is 16.9. The highest BCUT2D eigenvalue weighted by atomic mass is 35.5. The van der Waals surface area contributed by atoms with E-state index in [1.165, 1.54) is 0 Å². The number of hydrazone groups is 1. The third-order valence-corrected chi connectivity index (χ3v) is 6.34. The molecule has 2 heterocycles. The van der Waals surface area contributed by atoms with Crippen molar-refractivity contribution in [2.24, 2.45) is 5.10 Å². The summed E-state index contributed by atoms with van der Waals surface area (Å²) in [4.78, 5) is 13.4. The van der Waals surface area contributed by atoms with Crippen LogP contribution in [0.25, 0.3) is 0 Å². The minimum absolute atomic E-state index is 0.233. The molecular weight excluding hydrogens is 471 g/mol. The molecule has 2 aliphatic heterocycles. The molecule has 0 fully saturated rings. The van der Waals surface area contributed by atoms with Crippen LogP contribution in [-0.4, -0.2) is 29.8 Å². The second-order valence-electron chi connectivity index (χ2n) is 7.52. The molecule has 2 atom stereocenters. The van der Waals surface area contributed by atoms with Crippen LogP contribution >= 0.6 is 34.8 Å². The molecule has 0 amide bonds. The van der Waals surface area contributed by atoms with Crippen LogP contribution in [0.5, 0.6) is 11.5 Å². The normalized spacial score (nSPS) is 19.0. The summed E-state index contributed by atoms with van der Waals surface area (Å²) in [5.74, 6) is 0.979. The fourth-order valence-corrected chi connectivity index (χ4v) is 4.68. The van der Waals surface area contributed by atoms with Gasteiger partial charge in [0, 0.05) is 27.6 Å². The van der Waals surface area contributed by atoms with Gasteiger partial charge in [-0.05, 0) is 66.2 Å². The van der Waals surface area contributed by atoms with E-state index in [0.29, 0.717) is 32.8 Å². The number of carbonyl (C=O) groups is 1. The molecule has 0 radical (unpaired) electrons. The van der Waals surface area contributed by atoms with Crippen LogP contribution in [0.15, 0.2) is 65.8 Å². The van der Waals surface area contributed by atoms with Gasteiger partial charge in [-0.1, -0.05) is 34.8 Å². The number of ether oxygens (including phenoxy) is 2. The summed E-state index contributed by atoms with van der Waals surface area (Å²) in [5, 5.41) is 7.90. The summed E-state index contributed by atoms with van der Waals surface area (Å²) < 4.78 is 11.4. The molecule has 32 heavy (non-hydrogen) atoms. The number of carbonyl (C=O) groups excluding carboxylic acids is 1. The van der Waals surface area contributed by atoms with Gasteiger partial charge in [0.15, 0.2) is 0 Å². The molecule has 0 aliphatic carbocycles. The maximum atomic E-state index is 13.4. The molecule has 0 spiro atoms. The Balaban J connectivity index is 1.57. The van der Waals surface area contributed by atoms with Gasteiger partial charge in [0.1, 0.15) is 11.5 Å². The number of rotatable bonds is 4. The van der Waals surface area contributed by atoms with Crippen molar-refractivity contribution in [3.63, 3.8) is 0 Å². The van der Waals surface area contributed by atoms with Crippen LogP contribution in [0.2, 0.25) is 15.1 Å². The van der Waals surface area contributed by atoms with Gasteiger partial charge in [0.25, 0.3) is 6.23 Å². The van der Waals surface area contributed by atoms with Crippen LogP contribution in [0.1, 0.15) is 33.9 Å². The number of hydrogen-bond acceptors (Lipinski definition) is 5. The lowest BCUT2D eigenvalue weighted by Crippen LogP contribution is -2.46. The number of methoxy groups -OCH3 is 1. The van der Waals surface area contributed by atoms with Crippen molar-refractivity contribution >= 4 is 46.3 Å². The Morgan fingerprint density at radius 3 is 2.44 bits per heavy atom. The molecule has 5 nitrogen and oxygen atoms in total. The van der Waals surface area contributed by atoms with E-state index in [0.717, 1.165) is 22.6 Å². The van der Waals surface area contributed by atoms with Gasteiger partial charge < -0.3 is 9.47 Å². The highest BCUT2D eigenvalue weighted by Crippen LogP contribution is 2.47. The predicted molar refractivity (Wildman–Crippen MR) is 125 cm³/mol. The van der Waals surface area contributed by atoms with Crippen LogP contribution < -0.4 is 9.47 Å². The van der Waals surface area contributed by atoms with Crippen LogP contribution in [0, 0.1) is 0 Å². The van der Waals surface area contributed by atoms with Gasteiger partial charge in [-0.2, -0.15) is 5.10 Å². The van der Waals surface area contributed by atoms with Crippen molar-refractivity contribution in [1.29, 1.82) is 0 Å². The van der Waals surface area contributed by atoms with E-state index < -0.39 is 6.23 Å². The molecule has 0 N–H and O–H groups in total. The lowest BCUT2D eigenvalue weighted by Gasteiger charge is -2.37. The first-order chi connectivity index (χ1) is 15.4. The Morgan fingerprint density at radius 1 is 1.03 bits per heavy atom. The average Bonchev–Trinajstić information content (AvgIpc) is 3.25. The summed E-state index contributed by atoms with van der Waals surface area (Å²) in [5.41, 5.74) is 3.04. The number of ketones is 1. The van der Waals surface area contributed by atoms with Gasteiger partial charge in [-0.15, -0.1) is 0 Å². The summed E-state index contributed by atoms with van der Waals surface area (Å²) >= 11 is 18.7. The van der Waals surface area contributed by atoms with Gasteiger partial charge in [0.05, 0.1) is 23.9 Å². The average molecular weight is 488 g/mol. The maximum Gasteiger partial charge on any atom is 0.251 e. The van der Waals surface area contributed by atoms with E-state index in [-0.39, 0.29) is 11.8 Å². The minimum Gasteiger partial charge on any atom is -0.497 e. The van der Waals surface area contributed by atoms with E-state index in [1.54, 1.807) is 42.5 Å². The van der Waals surface area contributed by atoms with Gasteiger partial charge in [0.2, 0.25) is 5.78 Å². The monoisotopic (exact) mass is 486 g/mol. The van der Waals surface area contributed by atoms with Crippen molar-refractivity contribution in [2.75, 3.05) is 7.11 Å². The van der Waals surface area contributed by atoms with Crippen LogP contribution in [0.3, 0.4) is 0 Å². The third-order valence-electron chi connectivity index (χ3n) is 5.58. The molecule has 5 rings (SSSR count). The molecule has 2 aliphatic rings. The second-order valence-corrected chi connectivity index (χ2v) is 8.80. The fourth-order valence-electron chi connectivity index (χ4n) is 4.00. The first kappa shape index (κ1) is 21.1. The number of nitrogens with zero attached hydrogens (tertiary/aromatic N) is 2. The SMILES string of the molecule is COc1ccc(C2=NN3[C@H](C(=O)c4ccc(Cl)cc4)Oc4c(Cl)cc(Cl)cc4[C@@H]3C2)cc1. The maximum absolute atomic E-state index is 13.4. The van der Waals surface area contributed by atoms with Crippen molar-refractivity contribution in [2.45, 2.75) is 18.7 Å². The first-order valence-electron chi connectivity index (χ1n) is 9.90. The quantitative estimate of drug-likeness (QED) is 0.399. The standard InChI is InChI=1S/C24H17Cl3N2O3/c1-31-17-8-4-13(5-9-17)20-12-21-18-10-16(26)11-19(27)23(18)32-24(29(21)28-20)22(30)14-2-6-15(25)7-3-14/h2-11,21,24H,12H2,1H3/t21-,24-/m0/s1. The van der Waals surface area contributed by atoms with Crippen molar-refractivity contribution < 1.29 is 14.3 Å². The smallest absolute Gasteiger partial charge is 0.251 e. The molecule has 0 saturated carbocycles. The Bertz CT molecular complexity index is 1230. The molecular formula is C24H17Cl3N2O3. The number of benzene rings is 3. The van der Waals surface area contributed by atoms with E-state index in [4.69, 9.17) is 49.4 Å². The fraction of sp³-hybridized carbons (Fsp3) is 0.167. The van der Waals surface area contributed by atoms with Crippen molar-refractivity contribution in [3.05, 3.63) is 92.4 Å². The summed E-state index contributed by atoms with van der Waals surface area (Å²) in [7, 11) is 1.62. The topological polar surface area (TPSA) is 51.1 Å². The van der Waals surface area contributed by atoms with Crippen LogP contribution in [0.4, 0.5) is 0 Å². The molecule has 0 saturated heterocycles. The highest BCUT2D eigenvalue weighted by molar-refractivity contribution is 6.35. The molecule has 0 unspecified atom stereocenters. The summed E-state index contributed by atoms with van der Waals surface area (Å²) in [6.45, 7) is 0. The highest BCUT2D eigenvalue weighted by Gasteiger charge is 2.44. The summed E-state index contributed by atoms with van der Waals surface area (Å²) in [6, 6.07) is 17.5. The first-order valence-corrected chi connectivity index (χ1v) is 11.0. The van der Waals surface area contributed by atoms with Gasteiger partial charge in [-0.3, -0.25) is 4.79 Å². The Hall–Kier alpha value is -2.73. The largest absolute Gasteiger partial charge is 0.497 e. The number of halogens is 3. The van der Waals surface area contributed by atoms with E-state index in [2.05, 4.69) is 0 Å². The zero-order valence-corrected chi connectivity index (χ0v) is 19.2. The molecule has 0 aromatic heterocycles. The summed E-state index contributed by atoms with van der Waals surface area (Å²) in [6.07, 6.45) is -0.396. The number of Topliss-reactive ketones (excluding diaryl/α,β-unsaturated/α-hetero) is 1. The van der Waals surface area contributed by atoms with Gasteiger partial charge >= 0.3 is 0 Å². The predicted octanol–water partition coefficient (Wildman–Crippen LogP) is 6.41. The number of fused-ring (bicyclic) bond motifs is 3. The van der Waals surface area contributed by atoms with E-state index in [1.807, 2.05) is 30.3 Å². The van der Waals surface area contributed by atoms with Gasteiger partial charge in [-0.25, -0.2) is 5.01 Å². The van der Waals surface area contributed by atoms with E-state index in [9.17, 15) is 4.79 Å². The van der Waals surface area contributed by atoms with Crippen molar-refractivity contribution in [1.82, 2.24) is 5.01 Å². The lowest BCUT2D eigenvalue weighted by molar-refractivity contribution is -0.00447. The molecule has 0 bridgehead atoms. The number of hydrogen-bond donors (Lipinski definition) is 0. The Morgan fingerprint density at radius 2 is 1.75 bits per heavy atom.